The van der Waals surface area contributed by atoms with Crippen molar-refractivity contribution in [3.63, 3.8) is 0 Å². The number of hydrogen-bond acceptors (Lipinski definition) is 7. The normalized spacial score (nSPS) is 15.1. The summed E-state index contributed by atoms with van der Waals surface area (Å²) >= 11 is 1.62. The monoisotopic (exact) mass is 396 g/mol. The van der Waals surface area contributed by atoms with Gasteiger partial charge in [0.05, 0.1) is 0 Å². The molecule has 2 aromatic heterocycles. The molecule has 0 spiro atoms. The first-order chi connectivity index (χ1) is 13.7. The van der Waals surface area contributed by atoms with E-state index in [9.17, 15) is 0 Å². The molecule has 1 atom stereocenters. The lowest BCUT2D eigenvalue weighted by Gasteiger charge is -2.16. The van der Waals surface area contributed by atoms with Gasteiger partial charge in [0.1, 0.15) is 5.76 Å². The van der Waals surface area contributed by atoms with E-state index in [1.54, 1.807) is 11.8 Å². The van der Waals surface area contributed by atoms with E-state index in [0.29, 0.717) is 22.5 Å². The fourth-order valence-electron chi connectivity index (χ4n) is 3.12. The molecule has 0 fully saturated rings. The van der Waals surface area contributed by atoms with Crippen molar-refractivity contribution in [1.29, 1.82) is 0 Å². The van der Waals surface area contributed by atoms with Crippen molar-refractivity contribution in [3.8, 4) is 17.1 Å². The molecule has 1 N–H and O–H groups in total. The Hall–Kier alpha value is -2.54. The zero-order valence-corrected chi connectivity index (χ0v) is 17.0. The number of nitrogens with zero attached hydrogens (tertiary/aromatic N) is 3. The van der Waals surface area contributed by atoms with Crippen molar-refractivity contribution >= 4 is 17.4 Å². The molecule has 0 aliphatic carbocycles. The van der Waals surface area contributed by atoms with Gasteiger partial charge in [-0.2, -0.15) is 4.98 Å². The summed E-state index contributed by atoms with van der Waals surface area (Å²) < 4.78 is 12.0. The van der Waals surface area contributed by atoms with Crippen molar-refractivity contribution in [2.45, 2.75) is 50.9 Å². The first kappa shape index (κ1) is 18.8. The first-order valence-electron chi connectivity index (χ1n) is 9.71. The summed E-state index contributed by atoms with van der Waals surface area (Å²) in [6.45, 7) is 4.13. The van der Waals surface area contributed by atoms with E-state index in [4.69, 9.17) is 9.15 Å². The Morgan fingerprint density at radius 3 is 2.79 bits per heavy atom. The molecular weight excluding hydrogens is 372 g/mol. The highest BCUT2D eigenvalue weighted by atomic mass is 32.2. The lowest BCUT2D eigenvalue weighted by molar-refractivity contribution is 0.194. The summed E-state index contributed by atoms with van der Waals surface area (Å²) in [6.07, 6.45) is 4.40. The molecule has 6 nitrogen and oxygen atoms in total. The van der Waals surface area contributed by atoms with Crippen LogP contribution in [0.5, 0.6) is 5.88 Å². The maximum absolute atomic E-state index is 6.19. The fraction of sp³-hybridized carbons (Fsp3) is 0.381. The molecule has 0 saturated heterocycles. The summed E-state index contributed by atoms with van der Waals surface area (Å²) in [5, 5.41) is 12.8. The lowest BCUT2D eigenvalue weighted by atomic mass is 10.1. The third-order valence-corrected chi connectivity index (χ3v) is 5.51. The lowest BCUT2D eigenvalue weighted by Crippen LogP contribution is -2.16. The molecular formula is C21H24N4O2S. The minimum Gasteiger partial charge on any atom is -0.460 e. The number of aromatic nitrogens is 3. The fourth-order valence-corrected chi connectivity index (χ4v) is 3.90. The molecule has 1 aliphatic rings. The van der Waals surface area contributed by atoms with Gasteiger partial charge in [-0.3, -0.25) is 0 Å². The minimum absolute atomic E-state index is 0.475. The summed E-state index contributed by atoms with van der Waals surface area (Å²) in [5.41, 5.74) is 2.48. The van der Waals surface area contributed by atoms with Gasteiger partial charge in [-0.25, -0.2) is 0 Å². The first-order valence-corrected chi connectivity index (χ1v) is 10.7. The average molecular weight is 397 g/mol. The molecule has 1 aromatic carbocycles. The third-order valence-electron chi connectivity index (χ3n) is 4.58. The van der Waals surface area contributed by atoms with E-state index >= 15 is 0 Å². The number of aryl methyl sites for hydroxylation is 1. The topological polar surface area (TPSA) is 73.1 Å². The number of anilines is 1. The second kappa shape index (κ2) is 8.65. The number of unbranched alkanes of at least 4 members (excludes halogenated alkanes) is 3. The van der Waals surface area contributed by atoms with Crippen LogP contribution >= 0.6 is 11.8 Å². The van der Waals surface area contributed by atoms with Gasteiger partial charge in [0.25, 0.3) is 0 Å². The average Bonchev–Trinajstić information content (AvgIpc) is 3.07. The molecule has 3 aromatic rings. The van der Waals surface area contributed by atoms with Gasteiger partial charge < -0.3 is 14.5 Å². The Morgan fingerprint density at radius 1 is 1.07 bits per heavy atom. The summed E-state index contributed by atoms with van der Waals surface area (Å²) in [6, 6.07) is 11.8. The van der Waals surface area contributed by atoms with Crippen molar-refractivity contribution < 1.29 is 9.15 Å². The number of nitrogens with one attached hydrogen (secondary N) is 1. The Balaban J connectivity index is 1.61. The highest BCUT2D eigenvalue weighted by Crippen LogP contribution is 2.39. The number of ether oxygens (including phenoxy) is 1. The van der Waals surface area contributed by atoms with Crippen LogP contribution in [-0.2, 0) is 0 Å². The predicted octanol–water partition coefficient (Wildman–Crippen LogP) is 5.62. The Bertz CT molecular complexity index is 944. The second-order valence-corrected chi connectivity index (χ2v) is 7.86. The van der Waals surface area contributed by atoms with Crippen LogP contribution in [0.1, 0.15) is 50.4 Å². The number of para-hydroxylation sites is 1. The van der Waals surface area contributed by atoms with Crippen molar-refractivity contribution in [1.82, 2.24) is 15.2 Å². The van der Waals surface area contributed by atoms with Gasteiger partial charge in [-0.15, -0.1) is 10.2 Å². The summed E-state index contributed by atoms with van der Waals surface area (Å²) in [5.74, 6) is 2.99. The molecule has 28 heavy (non-hydrogen) atoms. The maximum atomic E-state index is 6.19. The SMILES string of the molecule is CCCCCCSc1nnc2c(n1)OC(c1ccc(C)o1)Nc1ccccc1-2. The van der Waals surface area contributed by atoms with Gasteiger partial charge in [0.2, 0.25) is 17.3 Å². The van der Waals surface area contributed by atoms with Crippen LogP contribution in [0.2, 0.25) is 0 Å². The Kier molecular flexibility index (Phi) is 5.81. The summed E-state index contributed by atoms with van der Waals surface area (Å²) in [7, 11) is 0. The molecule has 0 amide bonds. The zero-order valence-electron chi connectivity index (χ0n) is 16.1. The molecule has 7 heteroatoms. The number of rotatable bonds is 7. The van der Waals surface area contributed by atoms with E-state index < -0.39 is 6.23 Å². The smallest absolute Gasteiger partial charge is 0.247 e. The molecule has 146 valence electrons. The molecule has 0 saturated carbocycles. The molecule has 0 bridgehead atoms. The zero-order chi connectivity index (χ0) is 19.3. The van der Waals surface area contributed by atoms with Gasteiger partial charge in [-0.1, -0.05) is 56.1 Å². The van der Waals surface area contributed by atoms with Crippen LogP contribution in [-0.4, -0.2) is 20.9 Å². The van der Waals surface area contributed by atoms with Crippen molar-refractivity contribution in [2.75, 3.05) is 11.1 Å². The third kappa shape index (κ3) is 4.14. The van der Waals surface area contributed by atoms with E-state index in [1.165, 1.54) is 19.3 Å². The standard InChI is InChI=1S/C21H24N4O2S/c1-3-4-5-8-13-28-21-23-20-18(24-25-21)15-9-6-7-10-16(15)22-19(27-20)17-12-11-14(2)26-17/h6-7,9-12,19,22H,3-5,8,13H2,1-2H3. The van der Waals surface area contributed by atoms with E-state index in [-0.39, 0.29) is 0 Å². The summed E-state index contributed by atoms with van der Waals surface area (Å²) in [4.78, 5) is 4.66. The molecule has 1 unspecified atom stereocenters. The van der Waals surface area contributed by atoms with E-state index in [1.807, 2.05) is 43.3 Å². The van der Waals surface area contributed by atoms with E-state index in [0.717, 1.165) is 29.2 Å². The minimum atomic E-state index is -0.477. The van der Waals surface area contributed by atoms with Gasteiger partial charge >= 0.3 is 0 Å². The number of hydrogen-bond donors (Lipinski definition) is 1. The number of thioether (sulfide) groups is 1. The molecule has 3 heterocycles. The maximum Gasteiger partial charge on any atom is 0.247 e. The largest absolute Gasteiger partial charge is 0.460 e. The molecule has 0 radical (unpaired) electrons. The Labute approximate surface area is 169 Å². The van der Waals surface area contributed by atoms with Gasteiger partial charge in [0, 0.05) is 17.0 Å². The van der Waals surface area contributed by atoms with Gasteiger partial charge in [0.15, 0.2) is 11.5 Å². The van der Waals surface area contributed by atoms with Crippen LogP contribution in [0.3, 0.4) is 0 Å². The predicted molar refractivity (Wildman–Crippen MR) is 111 cm³/mol. The Morgan fingerprint density at radius 2 is 1.96 bits per heavy atom. The number of benzene rings is 1. The quantitative estimate of drug-likeness (QED) is 0.411. The van der Waals surface area contributed by atoms with Crippen LogP contribution in [0.15, 0.2) is 46.0 Å². The number of fused-ring (bicyclic) bond motifs is 3. The number of furan rings is 1. The second-order valence-electron chi connectivity index (χ2n) is 6.79. The van der Waals surface area contributed by atoms with Crippen molar-refractivity contribution in [2.24, 2.45) is 0 Å². The van der Waals surface area contributed by atoms with Crippen LogP contribution < -0.4 is 10.1 Å². The van der Waals surface area contributed by atoms with Crippen LogP contribution in [0.4, 0.5) is 5.69 Å². The highest BCUT2D eigenvalue weighted by Gasteiger charge is 2.27. The van der Waals surface area contributed by atoms with Gasteiger partial charge in [-0.05, 0) is 31.5 Å². The highest BCUT2D eigenvalue weighted by molar-refractivity contribution is 7.99. The van der Waals surface area contributed by atoms with E-state index in [2.05, 4.69) is 27.4 Å². The molecule has 4 rings (SSSR count). The van der Waals surface area contributed by atoms with Crippen LogP contribution in [0, 0.1) is 6.92 Å². The van der Waals surface area contributed by atoms with Crippen LogP contribution in [0.25, 0.3) is 11.3 Å². The molecule has 1 aliphatic heterocycles. The van der Waals surface area contributed by atoms with Crippen molar-refractivity contribution in [3.05, 3.63) is 47.9 Å².